The Morgan fingerprint density at radius 1 is 1.06 bits per heavy atom. The summed E-state index contributed by atoms with van der Waals surface area (Å²) in [6.07, 6.45) is 0. The first-order valence-electron chi connectivity index (χ1n) is 9.83. The average Bonchev–Trinajstić information content (AvgIpc) is 3.14. The first-order valence-corrected chi connectivity index (χ1v) is 10.2. The number of anilines is 1. The Labute approximate surface area is 184 Å². The van der Waals surface area contributed by atoms with Crippen molar-refractivity contribution in [3.63, 3.8) is 0 Å². The van der Waals surface area contributed by atoms with E-state index in [2.05, 4.69) is 10.3 Å². The molecule has 0 saturated carbocycles. The molecule has 31 heavy (non-hydrogen) atoms. The van der Waals surface area contributed by atoms with E-state index < -0.39 is 4.92 Å². The predicted molar refractivity (Wildman–Crippen MR) is 117 cm³/mol. The zero-order chi connectivity index (χ0) is 22.1. The Morgan fingerprint density at radius 3 is 2.42 bits per heavy atom. The number of aromatic nitrogens is 3. The number of rotatable bonds is 4. The maximum absolute atomic E-state index is 13.1. The van der Waals surface area contributed by atoms with E-state index in [1.54, 1.807) is 15.6 Å². The number of para-hydroxylation sites is 1. The van der Waals surface area contributed by atoms with Crippen molar-refractivity contribution >= 4 is 28.9 Å². The van der Waals surface area contributed by atoms with E-state index in [0.717, 1.165) is 16.9 Å². The molecule has 1 amide bonds. The highest BCUT2D eigenvalue weighted by Crippen LogP contribution is 2.30. The van der Waals surface area contributed by atoms with E-state index in [1.165, 1.54) is 12.1 Å². The van der Waals surface area contributed by atoms with E-state index in [1.807, 2.05) is 43.0 Å². The minimum atomic E-state index is -0.474. The summed E-state index contributed by atoms with van der Waals surface area (Å²) >= 11 is 6.25. The molecule has 1 aromatic heterocycles. The number of halogens is 1. The van der Waals surface area contributed by atoms with Gasteiger partial charge >= 0.3 is 0 Å². The molecule has 160 valence electrons. The molecule has 0 N–H and O–H groups in total. The minimum Gasteiger partial charge on any atom is -0.367 e. The third-order valence-corrected chi connectivity index (χ3v) is 5.79. The van der Waals surface area contributed by atoms with Crippen molar-refractivity contribution in [2.24, 2.45) is 0 Å². The van der Waals surface area contributed by atoms with Crippen LogP contribution >= 0.6 is 11.6 Å². The van der Waals surface area contributed by atoms with Crippen LogP contribution in [0, 0.1) is 24.0 Å². The van der Waals surface area contributed by atoms with Crippen molar-refractivity contribution in [2.75, 3.05) is 31.1 Å². The second-order valence-corrected chi connectivity index (χ2v) is 7.80. The number of carbonyl (C=O) groups excluding carboxylic acids is 1. The van der Waals surface area contributed by atoms with Crippen LogP contribution in [0.15, 0.2) is 42.5 Å². The van der Waals surface area contributed by atoms with Gasteiger partial charge in [0.25, 0.3) is 11.6 Å². The number of amides is 1. The summed E-state index contributed by atoms with van der Waals surface area (Å²) in [5.41, 5.74) is 3.65. The Bertz CT molecular complexity index is 1150. The molecule has 1 aliphatic rings. The fraction of sp³-hybridized carbons (Fsp3) is 0.286. The number of piperazine rings is 1. The number of nitrogens with zero attached hydrogens (tertiary/aromatic N) is 6. The van der Waals surface area contributed by atoms with E-state index in [-0.39, 0.29) is 11.6 Å². The lowest BCUT2D eigenvalue weighted by atomic mass is 10.2. The SMILES string of the molecule is Cc1ccccc1-n1nnc(C(=O)N2CCN(c3ccc([N+](=O)[O-])cc3Cl)CC2)c1C. The number of aryl methyl sites for hydroxylation is 1. The third kappa shape index (κ3) is 3.96. The van der Waals surface area contributed by atoms with Crippen LogP contribution in [0.5, 0.6) is 0 Å². The summed E-state index contributed by atoms with van der Waals surface area (Å²) in [7, 11) is 0. The molecule has 0 spiro atoms. The maximum atomic E-state index is 13.1. The summed E-state index contributed by atoms with van der Waals surface area (Å²) in [4.78, 5) is 27.3. The summed E-state index contributed by atoms with van der Waals surface area (Å²) in [5.74, 6) is -0.160. The van der Waals surface area contributed by atoms with Crippen LogP contribution < -0.4 is 4.90 Å². The molecule has 0 atom stereocenters. The van der Waals surface area contributed by atoms with Crippen LogP contribution in [-0.2, 0) is 0 Å². The molecule has 1 aliphatic heterocycles. The van der Waals surface area contributed by atoms with Crippen LogP contribution in [0.1, 0.15) is 21.7 Å². The largest absolute Gasteiger partial charge is 0.367 e. The van der Waals surface area contributed by atoms with Gasteiger partial charge < -0.3 is 9.80 Å². The molecular weight excluding hydrogens is 420 g/mol. The van der Waals surface area contributed by atoms with Gasteiger partial charge in [0.15, 0.2) is 5.69 Å². The zero-order valence-electron chi connectivity index (χ0n) is 17.2. The predicted octanol–water partition coefficient (Wildman–Crippen LogP) is 3.41. The molecular formula is C21H21ClN6O3. The molecule has 0 radical (unpaired) electrons. The van der Waals surface area contributed by atoms with E-state index in [4.69, 9.17) is 11.6 Å². The summed E-state index contributed by atoms with van der Waals surface area (Å²) in [6, 6.07) is 12.2. The van der Waals surface area contributed by atoms with Gasteiger partial charge in [0, 0.05) is 38.3 Å². The number of non-ortho nitro benzene ring substituents is 1. The van der Waals surface area contributed by atoms with Gasteiger partial charge in [-0.15, -0.1) is 5.10 Å². The van der Waals surface area contributed by atoms with Crippen molar-refractivity contribution < 1.29 is 9.72 Å². The first-order chi connectivity index (χ1) is 14.9. The molecule has 0 unspecified atom stereocenters. The molecule has 10 heteroatoms. The Balaban J connectivity index is 1.47. The zero-order valence-corrected chi connectivity index (χ0v) is 17.9. The molecule has 1 saturated heterocycles. The molecule has 3 aromatic rings. The van der Waals surface area contributed by atoms with E-state index in [0.29, 0.717) is 42.6 Å². The van der Waals surface area contributed by atoms with Crippen molar-refractivity contribution in [3.05, 3.63) is 74.6 Å². The quantitative estimate of drug-likeness (QED) is 0.455. The van der Waals surface area contributed by atoms with Gasteiger partial charge in [-0.2, -0.15) is 0 Å². The van der Waals surface area contributed by atoms with Crippen molar-refractivity contribution in [2.45, 2.75) is 13.8 Å². The highest BCUT2D eigenvalue weighted by Gasteiger charge is 2.27. The summed E-state index contributed by atoms with van der Waals surface area (Å²) < 4.78 is 1.69. The van der Waals surface area contributed by atoms with Crippen LogP contribution in [0.3, 0.4) is 0 Å². The smallest absolute Gasteiger partial charge is 0.276 e. The van der Waals surface area contributed by atoms with E-state index in [9.17, 15) is 14.9 Å². The summed E-state index contributed by atoms with van der Waals surface area (Å²) in [5, 5.41) is 19.6. The number of hydrogen-bond acceptors (Lipinski definition) is 6. The Morgan fingerprint density at radius 2 is 1.77 bits per heavy atom. The molecule has 1 fully saturated rings. The van der Waals surface area contributed by atoms with Crippen molar-refractivity contribution in [1.29, 1.82) is 0 Å². The van der Waals surface area contributed by atoms with Gasteiger partial charge in [0.2, 0.25) is 0 Å². The fourth-order valence-corrected chi connectivity index (χ4v) is 4.02. The van der Waals surface area contributed by atoms with Gasteiger partial charge in [0.1, 0.15) is 0 Å². The molecule has 0 bridgehead atoms. The number of nitro benzene ring substituents is 1. The van der Waals surface area contributed by atoms with Crippen LogP contribution in [0.25, 0.3) is 5.69 Å². The Hall–Kier alpha value is -3.46. The lowest BCUT2D eigenvalue weighted by molar-refractivity contribution is -0.384. The first kappa shape index (κ1) is 20.8. The summed E-state index contributed by atoms with van der Waals surface area (Å²) in [6.45, 7) is 5.93. The number of hydrogen-bond donors (Lipinski definition) is 0. The lowest BCUT2D eigenvalue weighted by Crippen LogP contribution is -2.49. The van der Waals surface area contributed by atoms with Crippen molar-refractivity contribution in [1.82, 2.24) is 19.9 Å². The average molecular weight is 441 g/mol. The lowest BCUT2D eigenvalue weighted by Gasteiger charge is -2.36. The standard InChI is InChI=1S/C21H21ClN6O3/c1-14-5-3-4-6-18(14)27-15(2)20(23-24-27)21(29)26-11-9-25(10-12-26)19-8-7-16(28(30)31)13-17(19)22/h3-8,13H,9-12H2,1-2H3. The van der Waals surface area contributed by atoms with Gasteiger partial charge in [-0.25, -0.2) is 4.68 Å². The maximum Gasteiger partial charge on any atom is 0.276 e. The molecule has 4 rings (SSSR count). The van der Waals surface area contributed by atoms with Gasteiger partial charge in [-0.1, -0.05) is 35.0 Å². The number of carbonyl (C=O) groups is 1. The highest BCUT2D eigenvalue weighted by molar-refractivity contribution is 6.33. The molecule has 9 nitrogen and oxygen atoms in total. The number of nitro groups is 1. The number of benzene rings is 2. The second kappa shape index (κ2) is 8.35. The molecule has 0 aliphatic carbocycles. The monoisotopic (exact) mass is 440 g/mol. The second-order valence-electron chi connectivity index (χ2n) is 7.39. The van der Waals surface area contributed by atoms with Crippen LogP contribution in [-0.4, -0.2) is 56.9 Å². The minimum absolute atomic E-state index is 0.0465. The highest BCUT2D eigenvalue weighted by atomic mass is 35.5. The van der Waals surface area contributed by atoms with Gasteiger partial charge in [-0.05, 0) is 31.5 Å². The topological polar surface area (TPSA) is 97.4 Å². The van der Waals surface area contributed by atoms with Gasteiger partial charge in [-0.3, -0.25) is 14.9 Å². The molecule has 2 heterocycles. The van der Waals surface area contributed by atoms with Crippen LogP contribution in [0.4, 0.5) is 11.4 Å². The van der Waals surface area contributed by atoms with Gasteiger partial charge in [0.05, 0.1) is 27.0 Å². The van der Waals surface area contributed by atoms with Crippen LogP contribution in [0.2, 0.25) is 5.02 Å². The molecule has 2 aromatic carbocycles. The van der Waals surface area contributed by atoms with E-state index >= 15 is 0 Å². The third-order valence-electron chi connectivity index (χ3n) is 5.49. The normalized spacial score (nSPS) is 14.0. The Kier molecular flexibility index (Phi) is 5.60. The fourth-order valence-electron chi connectivity index (χ4n) is 3.72. The van der Waals surface area contributed by atoms with Crippen molar-refractivity contribution in [3.8, 4) is 5.69 Å².